The molecule has 0 unspecified atom stereocenters. The molecule has 8 nitrogen and oxygen atoms in total. The van der Waals surface area contributed by atoms with Gasteiger partial charge in [0, 0.05) is 29.6 Å². The molecule has 0 spiro atoms. The number of anilines is 2. The quantitative estimate of drug-likeness (QED) is 0.362. The van der Waals surface area contributed by atoms with Gasteiger partial charge in [0.2, 0.25) is 0 Å². The first-order valence-corrected chi connectivity index (χ1v) is 10.6. The summed E-state index contributed by atoms with van der Waals surface area (Å²) in [6.45, 7) is 8.21. The van der Waals surface area contributed by atoms with Crippen LogP contribution in [0.15, 0.2) is 22.7 Å². The Morgan fingerprint density at radius 3 is 2.60 bits per heavy atom. The van der Waals surface area contributed by atoms with E-state index in [0.29, 0.717) is 36.6 Å². The highest BCUT2D eigenvalue weighted by Crippen LogP contribution is 2.36. The summed E-state index contributed by atoms with van der Waals surface area (Å²) < 4.78 is 11.2. The number of carbonyl (C=O) groups is 2. The van der Waals surface area contributed by atoms with Gasteiger partial charge in [-0.3, -0.25) is 4.79 Å². The number of carbonyl (C=O) groups excluding carboxylic acids is 2. The molecule has 1 aromatic heterocycles. The molecule has 1 heterocycles. The highest BCUT2D eigenvalue weighted by atomic mass is 79.9. The van der Waals surface area contributed by atoms with Crippen LogP contribution in [0.1, 0.15) is 27.7 Å². The van der Waals surface area contributed by atoms with E-state index >= 15 is 0 Å². The molecule has 0 aliphatic rings. The summed E-state index contributed by atoms with van der Waals surface area (Å²) in [6, 6.07) is 5.57. The molecule has 3 N–H and O–H groups in total. The van der Waals surface area contributed by atoms with Gasteiger partial charge in [-0.2, -0.15) is 0 Å². The van der Waals surface area contributed by atoms with Gasteiger partial charge in [-0.05, 0) is 45.9 Å². The fourth-order valence-electron chi connectivity index (χ4n) is 2.54. The van der Waals surface area contributed by atoms with Crippen molar-refractivity contribution >= 4 is 61.8 Å². The lowest BCUT2D eigenvalue weighted by atomic mass is 10.1. The number of ether oxygens (including phenoxy) is 2. The van der Waals surface area contributed by atoms with Gasteiger partial charge in [-0.25, -0.2) is 9.78 Å². The highest BCUT2D eigenvalue weighted by Gasteiger charge is 2.18. The lowest BCUT2D eigenvalue weighted by Crippen LogP contribution is -2.35. The number of rotatable bonds is 8. The smallest absolute Gasteiger partial charge is 0.407 e. The monoisotopic (exact) mass is 500 g/mol. The lowest BCUT2D eigenvalue weighted by Gasteiger charge is -2.20. The van der Waals surface area contributed by atoms with Crippen molar-refractivity contribution in [2.24, 2.45) is 0 Å². The second-order valence-corrected chi connectivity index (χ2v) is 8.63. The first-order valence-electron chi connectivity index (χ1n) is 9.47. The van der Waals surface area contributed by atoms with E-state index < -0.39 is 11.7 Å². The molecular weight excluding hydrogens is 476 g/mol. The van der Waals surface area contributed by atoms with Crippen LogP contribution in [-0.2, 0) is 14.3 Å². The van der Waals surface area contributed by atoms with Crippen LogP contribution in [0.4, 0.5) is 16.2 Å². The molecule has 0 fully saturated rings. The average molecular weight is 502 g/mol. The molecule has 2 aromatic rings. The van der Waals surface area contributed by atoms with Gasteiger partial charge in [0.05, 0.1) is 11.2 Å². The molecule has 1 aromatic carbocycles. The van der Waals surface area contributed by atoms with Gasteiger partial charge in [-0.15, -0.1) is 0 Å². The van der Waals surface area contributed by atoms with Gasteiger partial charge in [0.1, 0.15) is 17.9 Å². The summed E-state index contributed by atoms with van der Waals surface area (Å²) in [5.74, 6) is -0.341. The molecule has 2 rings (SSSR count). The Bertz CT molecular complexity index is 918. The van der Waals surface area contributed by atoms with Crippen molar-refractivity contribution in [3.63, 3.8) is 0 Å². The Morgan fingerprint density at radius 2 is 1.93 bits per heavy atom. The molecule has 0 atom stereocenters. The number of hydrogen-bond acceptors (Lipinski definition) is 6. The number of nitrogens with one attached hydrogen (secondary N) is 3. The Kier molecular flexibility index (Phi) is 8.69. The molecule has 0 bridgehead atoms. The summed E-state index contributed by atoms with van der Waals surface area (Å²) in [5.41, 5.74) is 1.04. The maximum atomic E-state index is 12.2. The zero-order valence-electron chi connectivity index (χ0n) is 17.4. The van der Waals surface area contributed by atoms with E-state index in [0.717, 1.165) is 9.86 Å². The molecule has 10 heteroatoms. The molecule has 0 aliphatic carbocycles. The van der Waals surface area contributed by atoms with Gasteiger partial charge in [0.25, 0.3) is 5.91 Å². The number of halogens is 2. The molecule has 164 valence electrons. The normalized spacial score (nSPS) is 11.3. The third-order valence-electron chi connectivity index (χ3n) is 3.70. The topological polar surface area (TPSA) is 102 Å². The van der Waals surface area contributed by atoms with E-state index in [9.17, 15) is 9.59 Å². The number of fused-ring (bicyclic) bond motifs is 1. The van der Waals surface area contributed by atoms with Crippen molar-refractivity contribution in [2.75, 3.05) is 36.9 Å². The average Bonchev–Trinajstić information content (AvgIpc) is 2.63. The van der Waals surface area contributed by atoms with Crippen LogP contribution in [-0.4, -0.2) is 48.9 Å². The summed E-state index contributed by atoms with van der Waals surface area (Å²) in [7, 11) is 0. The zero-order valence-corrected chi connectivity index (χ0v) is 19.7. The van der Waals surface area contributed by atoms with Crippen molar-refractivity contribution < 1.29 is 19.1 Å². The summed E-state index contributed by atoms with van der Waals surface area (Å²) >= 11 is 9.78. The second kappa shape index (κ2) is 10.8. The fraction of sp³-hybridized carbons (Fsp3) is 0.450. The number of amides is 2. The molecule has 0 aliphatic heterocycles. The maximum absolute atomic E-state index is 12.2. The minimum Gasteiger partial charge on any atom is -0.444 e. The predicted molar refractivity (Wildman–Crippen MR) is 122 cm³/mol. The van der Waals surface area contributed by atoms with Crippen LogP contribution >= 0.6 is 27.5 Å². The number of pyridine rings is 1. The first kappa shape index (κ1) is 24.2. The zero-order chi connectivity index (χ0) is 22.3. The lowest BCUT2D eigenvalue weighted by molar-refractivity contribution is -0.120. The van der Waals surface area contributed by atoms with E-state index in [2.05, 4.69) is 36.9 Å². The van der Waals surface area contributed by atoms with Crippen molar-refractivity contribution in [2.45, 2.75) is 33.3 Å². The van der Waals surface area contributed by atoms with Crippen LogP contribution in [0.25, 0.3) is 10.9 Å². The minimum atomic E-state index is -0.572. The number of nitrogens with zero attached hydrogens (tertiary/aromatic N) is 1. The van der Waals surface area contributed by atoms with E-state index in [4.69, 9.17) is 21.1 Å². The Balaban J connectivity index is 2.20. The molecular formula is C20H26BrClN4O4. The number of aromatic nitrogens is 1. The summed E-state index contributed by atoms with van der Waals surface area (Å²) in [4.78, 5) is 28.4. The molecule has 2 amide bonds. The van der Waals surface area contributed by atoms with Crippen molar-refractivity contribution in [1.29, 1.82) is 0 Å². The van der Waals surface area contributed by atoms with E-state index in [1.54, 1.807) is 27.7 Å². The van der Waals surface area contributed by atoms with Crippen LogP contribution < -0.4 is 16.0 Å². The summed E-state index contributed by atoms with van der Waals surface area (Å²) in [5, 5.41) is 9.59. The molecule has 0 radical (unpaired) electrons. The maximum Gasteiger partial charge on any atom is 0.407 e. The highest BCUT2D eigenvalue weighted by molar-refractivity contribution is 9.10. The fourth-order valence-corrected chi connectivity index (χ4v) is 3.12. The molecule has 0 saturated heterocycles. The Labute approximate surface area is 189 Å². The van der Waals surface area contributed by atoms with Crippen LogP contribution in [0.3, 0.4) is 0 Å². The van der Waals surface area contributed by atoms with E-state index in [-0.39, 0.29) is 17.7 Å². The second-order valence-electron chi connectivity index (χ2n) is 7.35. The van der Waals surface area contributed by atoms with Crippen molar-refractivity contribution in [3.8, 4) is 0 Å². The largest absolute Gasteiger partial charge is 0.444 e. The third-order valence-corrected chi connectivity index (χ3v) is 4.47. The van der Waals surface area contributed by atoms with E-state index in [1.807, 2.05) is 18.2 Å². The third kappa shape index (κ3) is 7.30. The van der Waals surface area contributed by atoms with Gasteiger partial charge in [-0.1, -0.05) is 27.5 Å². The SMILES string of the molecule is CCOCC(=O)Nc1c(Cl)nc2cc(Br)ccc2c1NCCNC(=O)OC(C)(C)C. The van der Waals surface area contributed by atoms with Crippen molar-refractivity contribution in [1.82, 2.24) is 10.3 Å². The molecule has 30 heavy (non-hydrogen) atoms. The Morgan fingerprint density at radius 1 is 1.20 bits per heavy atom. The summed E-state index contributed by atoms with van der Waals surface area (Å²) in [6.07, 6.45) is -0.504. The first-order chi connectivity index (χ1) is 14.1. The number of benzene rings is 1. The Hall–Kier alpha value is -2.10. The van der Waals surface area contributed by atoms with Gasteiger partial charge < -0.3 is 25.4 Å². The standard InChI is InChI=1S/C20H26BrClN4O4/c1-5-29-11-15(27)26-17-16(23-8-9-24-19(28)30-20(2,3)4)13-7-6-12(21)10-14(13)25-18(17)22/h6-7,10H,5,8-9,11H2,1-4H3,(H,23,25)(H,24,28)(H,26,27). The van der Waals surface area contributed by atoms with Gasteiger partial charge in [0.15, 0.2) is 5.15 Å². The van der Waals surface area contributed by atoms with E-state index in [1.165, 1.54) is 0 Å². The van der Waals surface area contributed by atoms with Gasteiger partial charge >= 0.3 is 6.09 Å². The van der Waals surface area contributed by atoms with Crippen molar-refractivity contribution in [3.05, 3.63) is 27.8 Å². The van der Waals surface area contributed by atoms with Crippen LogP contribution in [0, 0.1) is 0 Å². The predicted octanol–water partition coefficient (Wildman–Crippen LogP) is 4.56. The van der Waals surface area contributed by atoms with Crippen LogP contribution in [0.2, 0.25) is 5.15 Å². The van der Waals surface area contributed by atoms with Crippen LogP contribution in [0.5, 0.6) is 0 Å². The molecule has 0 saturated carbocycles. The minimum absolute atomic E-state index is 0.0924. The number of alkyl carbamates (subject to hydrolysis) is 1. The number of hydrogen-bond donors (Lipinski definition) is 3.